The first kappa shape index (κ1) is 20.0. The van der Waals surface area contributed by atoms with Crippen LogP contribution in [0.4, 0.5) is 4.39 Å². The van der Waals surface area contributed by atoms with E-state index in [1.165, 1.54) is 12.1 Å². The summed E-state index contributed by atoms with van der Waals surface area (Å²) < 4.78 is 31.5. The predicted molar refractivity (Wildman–Crippen MR) is 107 cm³/mol. The minimum Gasteiger partial charge on any atom is -0.454 e. The smallest absolute Gasteiger partial charge is 0.343 e. The third-order valence-corrected chi connectivity index (χ3v) is 5.16. The summed E-state index contributed by atoms with van der Waals surface area (Å²) >= 11 is 5.87. The average molecular weight is 430 g/mol. The lowest BCUT2D eigenvalue weighted by Gasteiger charge is -2.11. The summed E-state index contributed by atoms with van der Waals surface area (Å²) in [6, 6.07) is 11.1. The van der Waals surface area contributed by atoms with Gasteiger partial charge in [0, 0.05) is 28.7 Å². The highest BCUT2D eigenvalue weighted by atomic mass is 35.5. The summed E-state index contributed by atoms with van der Waals surface area (Å²) in [7, 11) is 0. The molecular formula is C22H17ClFNO5. The van der Waals surface area contributed by atoms with Gasteiger partial charge in [-0.15, -0.1) is 0 Å². The average Bonchev–Trinajstić information content (AvgIpc) is 3.29. The van der Waals surface area contributed by atoms with Crippen LogP contribution in [0.15, 0.2) is 42.5 Å². The second kappa shape index (κ2) is 7.84. The molecule has 2 aromatic carbocycles. The van der Waals surface area contributed by atoms with Crippen molar-refractivity contribution in [3.8, 4) is 17.2 Å². The number of ether oxygens (including phenoxy) is 3. The molecule has 0 spiro atoms. The zero-order valence-electron chi connectivity index (χ0n) is 16.2. The largest absolute Gasteiger partial charge is 0.454 e. The molecule has 1 aliphatic rings. The zero-order valence-corrected chi connectivity index (χ0v) is 17.0. The Labute approximate surface area is 176 Å². The van der Waals surface area contributed by atoms with Gasteiger partial charge in [-0.05, 0) is 44.2 Å². The van der Waals surface area contributed by atoms with Crippen molar-refractivity contribution in [3.63, 3.8) is 0 Å². The molecule has 30 heavy (non-hydrogen) atoms. The fourth-order valence-corrected chi connectivity index (χ4v) is 3.68. The number of benzene rings is 2. The topological polar surface area (TPSA) is 66.8 Å². The Hall–Kier alpha value is -3.32. The number of rotatable bonds is 5. The number of ketones is 1. The molecule has 1 aromatic heterocycles. The van der Waals surface area contributed by atoms with Gasteiger partial charge in [-0.1, -0.05) is 17.7 Å². The lowest BCUT2D eigenvalue weighted by Crippen LogP contribution is -2.16. The van der Waals surface area contributed by atoms with E-state index in [4.69, 9.17) is 25.8 Å². The van der Waals surface area contributed by atoms with Gasteiger partial charge in [0.05, 0.1) is 5.02 Å². The molecule has 0 unspecified atom stereocenters. The molecule has 0 bridgehead atoms. The Morgan fingerprint density at radius 1 is 1.13 bits per heavy atom. The Balaban J connectivity index is 1.54. The van der Waals surface area contributed by atoms with Crippen molar-refractivity contribution in [2.24, 2.45) is 0 Å². The van der Waals surface area contributed by atoms with Gasteiger partial charge in [0.15, 0.2) is 18.1 Å². The molecule has 4 rings (SSSR count). The molecule has 0 fully saturated rings. The SMILES string of the molecule is Cc1cc(C(=O)COC(=O)c2c(F)cccc2Cl)c(C)n1-c1ccc2c(c1)OCO2. The Kier molecular flexibility index (Phi) is 5.22. The number of halogens is 2. The number of hydrogen-bond acceptors (Lipinski definition) is 5. The molecular weight excluding hydrogens is 413 g/mol. The van der Waals surface area contributed by atoms with Gasteiger partial charge in [0.25, 0.3) is 0 Å². The maximum Gasteiger partial charge on any atom is 0.343 e. The van der Waals surface area contributed by atoms with E-state index in [1.807, 2.05) is 23.6 Å². The van der Waals surface area contributed by atoms with Crippen molar-refractivity contribution < 1.29 is 28.2 Å². The quantitative estimate of drug-likeness (QED) is 0.436. The van der Waals surface area contributed by atoms with Crippen LogP contribution < -0.4 is 9.47 Å². The maximum absolute atomic E-state index is 13.9. The van der Waals surface area contributed by atoms with Crippen LogP contribution in [0.5, 0.6) is 11.5 Å². The number of nitrogens with zero attached hydrogens (tertiary/aromatic N) is 1. The van der Waals surface area contributed by atoms with Crippen LogP contribution in [0.3, 0.4) is 0 Å². The van der Waals surface area contributed by atoms with Gasteiger partial charge in [0.1, 0.15) is 11.4 Å². The second-order valence-electron chi connectivity index (χ2n) is 6.75. The highest BCUT2D eigenvalue weighted by Gasteiger charge is 2.22. The molecule has 0 radical (unpaired) electrons. The van der Waals surface area contributed by atoms with E-state index in [0.717, 1.165) is 17.4 Å². The van der Waals surface area contributed by atoms with Crippen LogP contribution in [0, 0.1) is 19.7 Å². The molecule has 1 aliphatic heterocycles. The molecule has 0 saturated carbocycles. The van der Waals surface area contributed by atoms with E-state index in [2.05, 4.69) is 0 Å². The number of aryl methyl sites for hydroxylation is 1. The van der Waals surface area contributed by atoms with Gasteiger partial charge >= 0.3 is 5.97 Å². The molecule has 3 aromatic rings. The number of carbonyl (C=O) groups excluding carboxylic acids is 2. The van der Waals surface area contributed by atoms with Crippen molar-refractivity contribution in [1.82, 2.24) is 4.57 Å². The first-order valence-corrected chi connectivity index (χ1v) is 9.48. The van der Waals surface area contributed by atoms with Gasteiger partial charge in [-0.25, -0.2) is 9.18 Å². The lowest BCUT2D eigenvalue weighted by atomic mass is 10.1. The normalized spacial score (nSPS) is 12.1. The monoisotopic (exact) mass is 429 g/mol. The molecule has 154 valence electrons. The molecule has 8 heteroatoms. The molecule has 0 aliphatic carbocycles. The Morgan fingerprint density at radius 3 is 2.67 bits per heavy atom. The van der Waals surface area contributed by atoms with Crippen LogP contribution >= 0.6 is 11.6 Å². The van der Waals surface area contributed by atoms with Crippen molar-refractivity contribution in [2.45, 2.75) is 13.8 Å². The summed E-state index contributed by atoms with van der Waals surface area (Å²) in [5.41, 5.74) is 2.31. The number of hydrogen-bond donors (Lipinski definition) is 0. The third-order valence-electron chi connectivity index (χ3n) is 4.85. The van der Waals surface area contributed by atoms with E-state index in [0.29, 0.717) is 22.8 Å². The zero-order chi connectivity index (χ0) is 21.4. The lowest BCUT2D eigenvalue weighted by molar-refractivity contribution is 0.0470. The number of aromatic nitrogens is 1. The summed E-state index contributed by atoms with van der Waals surface area (Å²) in [5, 5.41) is -0.0755. The Bertz CT molecular complexity index is 1150. The molecule has 2 heterocycles. The van der Waals surface area contributed by atoms with Gasteiger partial charge in [-0.3, -0.25) is 4.79 Å². The first-order valence-electron chi connectivity index (χ1n) is 9.10. The fourth-order valence-electron chi connectivity index (χ4n) is 3.44. The maximum atomic E-state index is 13.9. The molecule has 0 saturated heterocycles. The van der Waals surface area contributed by atoms with Crippen molar-refractivity contribution in [3.05, 3.63) is 75.8 Å². The van der Waals surface area contributed by atoms with Crippen molar-refractivity contribution >= 4 is 23.4 Å². The van der Waals surface area contributed by atoms with Gasteiger partial charge in [-0.2, -0.15) is 0 Å². The van der Waals surface area contributed by atoms with E-state index < -0.39 is 29.7 Å². The number of esters is 1. The predicted octanol–water partition coefficient (Wildman–Crippen LogP) is 4.66. The summed E-state index contributed by atoms with van der Waals surface area (Å²) in [4.78, 5) is 24.9. The highest BCUT2D eigenvalue weighted by Crippen LogP contribution is 2.35. The van der Waals surface area contributed by atoms with Crippen molar-refractivity contribution in [1.29, 1.82) is 0 Å². The molecule has 0 N–H and O–H groups in total. The van der Waals surface area contributed by atoms with Crippen molar-refractivity contribution in [2.75, 3.05) is 13.4 Å². The summed E-state index contributed by atoms with van der Waals surface area (Å²) in [6.45, 7) is 3.29. The van der Waals surface area contributed by atoms with E-state index in [9.17, 15) is 14.0 Å². The third kappa shape index (κ3) is 3.52. The summed E-state index contributed by atoms with van der Waals surface area (Å²) in [6.07, 6.45) is 0. The van der Waals surface area contributed by atoms with E-state index in [-0.39, 0.29) is 11.8 Å². The number of fused-ring (bicyclic) bond motifs is 1. The fraction of sp³-hybridized carbons (Fsp3) is 0.182. The number of carbonyl (C=O) groups is 2. The van der Waals surface area contributed by atoms with Gasteiger partial charge < -0.3 is 18.8 Å². The van der Waals surface area contributed by atoms with E-state index in [1.54, 1.807) is 19.1 Å². The van der Waals surface area contributed by atoms with Crippen LogP contribution in [-0.2, 0) is 4.74 Å². The van der Waals surface area contributed by atoms with Gasteiger partial charge in [0.2, 0.25) is 12.6 Å². The van der Waals surface area contributed by atoms with Crippen LogP contribution in [0.25, 0.3) is 5.69 Å². The first-order chi connectivity index (χ1) is 14.4. The second-order valence-corrected chi connectivity index (χ2v) is 7.16. The summed E-state index contributed by atoms with van der Waals surface area (Å²) in [5.74, 6) is -0.910. The van der Waals surface area contributed by atoms with Crippen LogP contribution in [0.1, 0.15) is 32.1 Å². The van der Waals surface area contributed by atoms with E-state index >= 15 is 0 Å². The molecule has 6 nitrogen and oxygen atoms in total. The van der Waals surface area contributed by atoms with Crippen LogP contribution in [-0.4, -0.2) is 29.7 Å². The minimum atomic E-state index is -0.990. The Morgan fingerprint density at radius 2 is 1.90 bits per heavy atom. The molecule has 0 atom stereocenters. The minimum absolute atomic E-state index is 0.0755. The number of Topliss-reactive ketones (excluding diaryl/α,β-unsaturated/α-hetero) is 1. The molecule has 0 amide bonds. The standard InChI is InChI=1S/C22H17ClFNO5/c1-12-8-15(13(2)25(12)14-6-7-19-20(9-14)30-11-29-19)18(26)10-28-22(27)21-16(23)4-3-5-17(21)24/h3-9H,10-11H2,1-2H3. The van der Waals surface area contributed by atoms with Crippen LogP contribution in [0.2, 0.25) is 5.02 Å². The highest BCUT2D eigenvalue weighted by molar-refractivity contribution is 6.33.